The maximum absolute atomic E-state index is 12.1. The van der Waals surface area contributed by atoms with Gasteiger partial charge in [0, 0.05) is 24.2 Å². The fraction of sp³-hybridized carbons (Fsp3) is 0.200. The first kappa shape index (κ1) is 22.2. The van der Waals surface area contributed by atoms with Crippen LogP contribution in [0.25, 0.3) is 0 Å². The van der Waals surface area contributed by atoms with E-state index in [2.05, 4.69) is 16.0 Å². The highest BCUT2D eigenvalue weighted by molar-refractivity contribution is 5.99. The van der Waals surface area contributed by atoms with Crippen molar-refractivity contribution in [3.8, 4) is 0 Å². The molecule has 0 spiro atoms. The molecule has 4 amide bonds. The highest BCUT2D eigenvalue weighted by Crippen LogP contribution is 2.14. The number of anilines is 2. The van der Waals surface area contributed by atoms with Gasteiger partial charge < -0.3 is 31.9 Å². The number of nitrogens with one attached hydrogen (secondary N) is 3. The van der Waals surface area contributed by atoms with Gasteiger partial charge in [0.2, 0.25) is 0 Å². The molecule has 2 aromatic rings. The summed E-state index contributed by atoms with van der Waals surface area (Å²) in [5.41, 5.74) is 7.50. The third kappa shape index (κ3) is 7.50. The number of primary amides is 1. The Bertz CT molecular complexity index is 912. The maximum Gasteiger partial charge on any atom is 0.326 e. The van der Waals surface area contributed by atoms with Gasteiger partial charge in [-0.15, -0.1) is 0 Å². The van der Waals surface area contributed by atoms with E-state index in [-0.39, 0.29) is 12.8 Å². The number of carboxylic acids is 2. The number of amides is 4. The first-order valence-electron chi connectivity index (χ1n) is 8.99. The number of hydrogen-bond donors (Lipinski definition) is 6. The number of benzene rings is 2. The van der Waals surface area contributed by atoms with E-state index in [4.69, 9.17) is 15.9 Å². The molecule has 10 heteroatoms. The first-order valence-corrected chi connectivity index (χ1v) is 8.99. The molecule has 0 aliphatic heterocycles. The Hall–Kier alpha value is -4.08. The van der Waals surface area contributed by atoms with Crippen molar-refractivity contribution in [2.75, 3.05) is 10.6 Å². The van der Waals surface area contributed by atoms with Crippen molar-refractivity contribution in [2.45, 2.75) is 25.3 Å². The number of rotatable bonds is 9. The molecule has 0 saturated carbocycles. The van der Waals surface area contributed by atoms with Gasteiger partial charge in [0.15, 0.2) is 0 Å². The lowest BCUT2D eigenvalue weighted by atomic mass is 10.1. The molecule has 0 fully saturated rings. The van der Waals surface area contributed by atoms with E-state index in [9.17, 15) is 19.2 Å². The minimum absolute atomic E-state index is 0.0368. The van der Waals surface area contributed by atoms with Crippen LogP contribution in [0.4, 0.5) is 21.0 Å². The SMILES string of the molecule is NC(=O)NC(Cc1ccc(NC(=O)Nc2ccc(CCC(=O)O)cc2)cc1)C(=O)O. The van der Waals surface area contributed by atoms with E-state index in [1.165, 1.54) is 0 Å². The molecular formula is C20H22N4O6. The quantitative estimate of drug-likeness (QED) is 0.366. The van der Waals surface area contributed by atoms with E-state index >= 15 is 0 Å². The predicted octanol–water partition coefficient (Wildman–Crippen LogP) is 2.01. The van der Waals surface area contributed by atoms with Crippen LogP contribution in [0.2, 0.25) is 0 Å². The molecule has 7 N–H and O–H groups in total. The van der Waals surface area contributed by atoms with Crippen LogP contribution in [0.1, 0.15) is 17.5 Å². The number of carbonyl (C=O) groups is 4. The molecule has 0 heterocycles. The van der Waals surface area contributed by atoms with Gasteiger partial charge >= 0.3 is 24.0 Å². The zero-order valence-electron chi connectivity index (χ0n) is 15.9. The first-order chi connectivity index (χ1) is 14.2. The summed E-state index contributed by atoms with van der Waals surface area (Å²) in [4.78, 5) is 44.7. The smallest absolute Gasteiger partial charge is 0.326 e. The molecule has 1 unspecified atom stereocenters. The molecule has 0 aliphatic rings. The zero-order chi connectivity index (χ0) is 22.1. The van der Waals surface area contributed by atoms with Crippen molar-refractivity contribution >= 4 is 35.4 Å². The number of urea groups is 2. The summed E-state index contributed by atoms with van der Waals surface area (Å²) in [6, 6.07) is 10.8. The summed E-state index contributed by atoms with van der Waals surface area (Å²) in [5, 5.41) is 25.3. The van der Waals surface area contributed by atoms with Crippen LogP contribution in [-0.2, 0) is 22.4 Å². The van der Waals surface area contributed by atoms with E-state index < -0.39 is 30.0 Å². The third-order valence-electron chi connectivity index (χ3n) is 4.11. The van der Waals surface area contributed by atoms with E-state index in [1.807, 2.05) is 0 Å². The van der Waals surface area contributed by atoms with Crippen molar-refractivity contribution in [1.82, 2.24) is 5.32 Å². The van der Waals surface area contributed by atoms with Crippen molar-refractivity contribution in [3.63, 3.8) is 0 Å². The molecule has 0 radical (unpaired) electrons. The number of carboxylic acid groups (broad SMARTS) is 2. The monoisotopic (exact) mass is 414 g/mol. The largest absolute Gasteiger partial charge is 0.481 e. The number of carbonyl (C=O) groups excluding carboxylic acids is 2. The van der Waals surface area contributed by atoms with E-state index in [1.54, 1.807) is 48.5 Å². The normalized spacial score (nSPS) is 11.2. The molecule has 30 heavy (non-hydrogen) atoms. The van der Waals surface area contributed by atoms with E-state index in [0.717, 1.165) is 5.56 Å². The summed E-state index contributed by atoms with van der Waals surface area (Å²) in [6.07, 6.45) is 0.486. The Kier molecular flexibility index (Phi) is 7.74. The van der Waals surface area contributed by atoms with Crippen LogP contribution in [0.3, 0.4) is 0 Å². The summed E-state index contributed by atoms with van der Waals surface area (Å²) >= 11 is 0. The van der Waals surface area contributed by atoms with Crippen molar-refractivity contribution in [1.29, 1.82) is 0 Å². The maximum atomic E-state index is 12.1. The van der Waals surface area contributed by atoms with Gasteiger partial charge in [-0.05, 0) is 41.8 Å². The Morgan fingerprint density at radius 1 is 0.833 bits per heavy atom. The highest BCUT2D eigenvalue weighted by Gasteiger charge is 2.19. The summed E-state index contributed by atoms with van der Waals surface area (Å²) < 4.78 is 0. The molecule has 0 saturated heterocycles. The van der Waals surface area contributed by atoms with Crippen LogP contribution >= 0.6 is 0 Å². The van der Waals surface area contributed by atoms with Crippen molar-refractivity contribution in [2.24, 2.45) is 5.73 Å². The second-order valence-corrected chi connectivity index (χ2v) is 6.47. The van der Waals surface area contributed by atoms with Crippen LogP contribution in [0.5, 0.6) is 0 Å². The topological polar surface area (TPSA) is 171 Å². The number of aryl methyl sites for hydroxylation is 1. The van der Waals surface area contributed by atoms with Crippen LogP contribution in [-0.4, -0.2) is 40.3 Å². The number of nitrogens with two attached hydrogens (primary N) is 1. The van der Waals surface area contributed by atoms with Gasteiger partial charge in [-0.25, -0.2) is 14.4 Å². The highest BCUT2D eigenvalue weighted by atomic mass is 16.4. The van der Waals surface area contributed by atoms with Gasteiger partial charge in [0.1, 0.15) is 6.04 Å². The average Bonchev–Trinajstić information content (AvgIpc) is 2.68. The second kappa shape index (κ2) is 10.5. The van der Waals surface area contributed by atoms with E-state index in [0.29, 0.717) is 23.4 Å². The van der Waals surface area contributed by atoms with Gasteiger partial charge in [-0.2, -0.15) is 0 Å². The van der Waals surface area contributed by atoms with Crippen LogP contribution < -0.4 is 21.7 Å². The van der Waals surface area contributed by atoms with Gasteiger partial charge in [-0.1, -0.05) is 24.3 Å². The lowest BCUT2D eigenvalue weighted by Crippen LogP contribution is -2.44. The van der Waals surface area contributed by atoms with Gasteiger partial charge in [0.05, 0.1) is 0 Å². The van der Waals surface area contributed by atoms with Crippen LogP contribution in [0, 0.1) is 0 Å². The standard InChI is InChI=1S/C20H22N4O6/c21-19(29)24-16(18(27)28)11-13-3-8-15(9-4-13)23-20(30)22-14-6-1-12(2-7-14)5-10-17(25)26/h1-4,6-9,16H,5,10-11H2,(H,25,26)(H,27,28)(H3,21,24,29)(H2,22,23,30). The molecule has 0 aliphatic carbocycles. The summed E-state index contributed by atoms with van der Waals surface area (Å²) in [5.74, 6) is -2.07. The molecule has 0 bridgehead atoms. The molecule has 1 atom stereocenters. The Morgan fingerprint density at radius 3 is 1.77 bits per heavy atom. The van der Waals surface area contributed by atoms with Crippen molar-refractivity contribution < 1.29 is 29.4 Å². The summed E-state index contributed by atoms with van der Waals surface area (Å²) in [7, 11) is 0. The molecule has 0 aromatic heterocycles. The lowest BCUT2D eigenvalue weighted by Gasteiger charge is -2.13. The minimum Gasteiger partial charge on any atom is -0.481 e. The molecule has 158 valence electrons. The van der Waals surface area contributed by atoms with Gasteiger partial charge in [0.25, 0.3) is 0 Å². The van der Waals surface area contributed by atoms with Gasteiger partial charge in [-0.3, -0.25) is 4.79 Å². The Balaban J connectivity index is 1.89. The third-order valence-corrected chi connectivity index (χ3v) is 4.11. The Morgan fingerprint density at radius 2 is 1.33 bits per heavy atom. The number of hydrogen-bond acceptors (Lipinski definition) is 4. The molecule has 2 aromatic carbocycles. The number of aliphatic carboxylic acids is 2. The molecule has 2 rings (SSSR count). The van der Waals surface area contributed by atoms with Crippen LogP contribution in [0.15, 0.2) is 48.5 Å². The fourth-order valence-corrected chi connectivity index (χ4v) is 2.63. The fourth-order valence-electron chi connectivity index (χ4n) is 2.63. The second-order valence-electron chi connectivity index (χ2n) is 6.47. The average molecular weight is 414 g/mol. The minimum atomic E-state index is -1.20. The van der Waals surface area contributed by atoms with Crippen molar-refractivity contribution in [3.05, 3.63) is 59.7 Å². The Labute approximate surface area is 172 Å². The zero-order valence-corrected chi connectivity index (χ0v) is 15.9. The lowest BCUT2D eigenvalue weighted by molar-refractivity contribution is -0.139. The molecular weight excluding hydrogens is 392 g/mol. The summed E-state index contributed by atoms with van der Waals surface area (Å²) in [6.45, 7) is 0. The molecule has 10 nitrogen and oxygen atoms in total. The predicted molar refractivity (Wildman–Crippen MR) is 109 cm³/mol.